The van der Waals surface area contributed by atoms with Crippen LogP contribution in [0, 0.1) is 0 Å². The van der Waals surface area contributed by atoms with E-state index in [2.05, 4.69) is 5.32 Å². The summed E-state index contributed by atoms with van der Waals surface area (Å²) in [5.41, 5.74) is 1.94. The molecule has 0 atom stereocenters. The minimum absolute atomic E-state index is 0.0720. The Morgan fingerprint density at radius 1 is 0.889 bits per heavy atom. The third-order valence-electron chi connectivity index (χ3n) is 4.06. The highest BCUT2D eigenvalue weighted by atomic mass is 16.4. The monoisotopic (exact) mass is 368 g/mol. The molecule has 27 heavy (non-hydrogen) atoms. The van der Waals surface area contributed by atoms with Crippen molar-refractivity contribution in [3.05, 3.63) is 71.8 Å². The molecule has 0 fully saturated rings. The topological polar surface area (TPSA) is 86.7 Å². The van der Waals surface area contributed by atoms with Crippen molar-refractivity contribution in [3.8, 4) is 0 Å². The van der Waals surface area contributed by atoms with E-state index in [0.717, 1.165) is 11.1 Å². The van der Waals surface area contributed by atoms with Crippen LogP contribution < -0.4 is 5.32 Å². The van der Waals surface area contributed by atoms with Gasteiger partial charge in [0.2, 0.25) is 11.8 Å². The SMILES string of the molecule is O=C(O)CN(CCc1ccccc1)C(=O)CCNC(=O)Cc1ccccc1. The van der Waals surface area contributed by atoms with Crippen molar-refractivity contribution in [2.75, 3.05) is 19.6 Å². The molecule has 0 spiro atoms. The second-order valence-electron chi connectivity index (χ2n) is 6.21. The molecule has 2 rings (SSSR count). The maximum Gasteiger partial charge on any atom is 0.323 e. The van der Waals surface area contributed by atoms with Crippen LogP contribution in [0.5, 0.6) is 0 Å². The quantitative estimate of drug-likeness (QED) is 0.670. The fraction of sp³-hybridized carbons (Fsp3) is 0.286. The van der Waals surface area contributed by atoms with E-state index in [0.29, 0.717) is 13.0 Å². The van der Waals surface area contributed by atoms with E-state index in [1.165, 1.54) is 4.90 Å². The highest BCUT2D eigenvalue weighted by molar-refractivity contribution is 5.82. The molecule has 2 N–H and O–H groups in total. The lowest BCUT2D eigenvalue weighted by atomic mass is 10.1. The number of nitrogens with zero attached hydrogens (tertiary/aromatic N) is 1. The van der Waals surface area contributed by atoms with Gasteiger partial charge in [0, 0.05) is 19.5 Å². The molecule has 0 saturated carbocycles. The van der Waals surface area contributed by atoms with E-state index in [9.17, 15) is 14.4 Å². The number of aliphatic carboxylic acids is 1. The Bertz CT molecular complexity index is 747. The molecule has 6 nitrogen and oxygen atoms in total. The minimum Gasteiger partial charge on any atom is -0.480 e. The lowest BCUT2D eigenvalue weighted by molar-refractivity contribution is -0.144. The molecule has 0 radical (unpaired) electrons. The molecular weight excluding hydrogens is 344 g/mol. The number of hydrogen-bond donors (Lipinski definition) is 2. The van der Waals surface area contributed by atoms with Crippen LogP contribution in [-0.2, 0) is 27.2 Å². The lowest BCUT2D eigenvalue weighted by Gasteiger charge is -2.21. The largest absolute Gasteiger partial charge is 0.480 e. The number of carbonyl (C=O) groups is 3. The zero-order valence-electron chi connectivity index (χ0n) is 15.1. The Morgan fingerprint density at radius 2 is 1.48 bits per heavy atom. The van der Waals surface area contributed by atoms with Crippen LogP contribution in [0.25, 0.3) is 0 Å². The van der Waals surface area contributed by atoms with Crippen molar-refractivity contribution in [2.24, 2.45) is 0 Å². The normalized spacial score (nSPS) is 10.2. The summed E-state index contributed by atoms with van der Waals surface area (Å²) in [4.78, 5) is 36.6. The molecule has 0 aliphatic carbocycles. The van der Waals surface area contributed by atoms with Gasteiger partial charge >= 0.3 is 5.97 Å². The van der Waals surface area contributed by atoms with E-state index >= 15 is 0 Å². The van der Waals surface area contributed by atoms with Gasteiger partial charge in [0.05, 0.1) is 6.42 Å². The average Bonchev–Trinajstić information content (AvgIpc) is 2.66. The summed E-state index contributed by atoms with van der Waals surface area (Å²) in [6, 6.07) is 18.9. The molecule has 2 amide bonds. The van der Waals surface area contributed by atoms with Crippen LogP contribution in [0.2, 0.25) is 0 Å². The number of carboxylic acid groups (broad SMARTS) is 1. The van der Waals surface area contributed by atoms with Crippen LogP contribution in [-0.4, -0.2) is 47.4 Å². The first-order chi connectivity index (χ1) is 13.0. The second kappa shape index (κ2) is 10.8. The van der Waals surface area contributed by atoms with Gasteiger partial charge in [-0.25, -0.2) is 0 Å². The van der Waals surface area contributed by atoms with E-state index in [-0.39, 0.29) is 37.7 Å². The van der Waals surface area contributed by atoms with Gasteiger partial charge in [0.15, 0.2) is 0 Å². The molecule has 0 unspecified atom stereocenters. The Labute approximate surface area is 158 Å². The molecule has 2 aromatic rings. The van der Waals surface area contributed by atoms with Crippen molar-refractivity contribution in [2.45, 2.75) is 19.3 Å². The Hall–Kier alpha value is -3.15. The smallest absolute Gasteiger partial charge is 0.323 e. The lowest BCUT2D eigenvalue weighted by Crippen LogP contribution is -2.39. The fourth-order valence-electron chi connectivity index (χ4n) is 2.67. The van der Waals surface area contributed by atoms with Gasteiger partial charge in [0.1, 0.15) is 6.54 Å². The highest BCUT2D eigenvalue weighted by Crippen LogP contribution is 2.03. The summed E-state index contributed by atoms with van der Waals surface area (Å²) >= 11 is 0. The molecule has 0 aliphatic heterocycles. The van der Waals surface area contributed by atoms with Crippen LogP contribution in [0.4, 0.5) is 0 Å². The minimum atomic E-state index is -1.05. The Balaban J connectivity index is 1.78. The van der Waals surface area contributed by atoms with Crippen molar-refractivity contribution in [1.82, 2.24) is 10.2 Å². The number of carbonyl (C=O) groups excluding carboxylic acids is 2. The molecule has 0 saturated heterocycles. The van der Waals surface area contributed by atoms with E-state index < -0.39 is 5.97 Å². The number of hydrogen-bond acceptors (Lipinski definition) is 3. The van der Waals surface area contributed by atoms with E-state index in [4.69, 9.17) is 5.11 Å². The summed E-state index contributed by atoms with van der Waals surface area (Å²) in [6.07, 6.45) is 0.907. The van der Waals surface area contributed by atoms with Crippen LogP contribution in [0.3, 0.4) is 0 Å². The van der Waals surface area contributed by atoms with Gasteiger partial charge in [0.25, 0.3) is 0 Å². The van der Waals surface area contributed by atoms with Gasteiger partial charge in [-0.2, -0.15) is 0 Å². The number of carboxylic acids is 1. The zero-order valence-corrected chi connectivity index (χ0v) is 15.1. The van der Waals surface area contributed by atoms with Gasteiger partial charge < -0.3 is 15.3 Å². The Morgan fingerprint density at radius 3 is 2.07 bits per heavy atom. The number of amides is 2. The van der Waals surface area contributed by atoms with Crippen molar-refractivity contribution >= 4 is 17.8 Å². The van der Waals surface area contributed by atoms with Gasteiger partial charge in [-0.1, -0.05) is 60.7 Å². The third kappa shape index (κ3) is 7.73. The van der Waals surface area contributed by atoms with Crippen LogP contribution >= 0.6 is 0 Å². The van der Waals surface area contributed by atoms with Gasteiger partial charge in [-0.15, -0.1) is 0 Å². The van der Waals surface area contributed by atoms with E-state index in [1.54, 1.807) is 0 Å². The summed E-state index contributed by atoms with van der Waals surface area (Å²) in [5.74, 6) is -1.50. The highest BCUT2D eigenvalue weighted by Gasteiger charge is 2.16. The predicted molar refractivity (Wildman–Crippen MR) is 102 cm³/mol. The zero-order chi connectivity index (χ0) is 19.5. The molecule has 2 aromatic carbocycles. The van der Waals surface area contributed by atoms with Crippen molar-refractivity contribution in [3.63, 3.8) is 0 Å². The maximum absolute atomic E-state index is 12.4. The van der Waals surface area contributed by atoms with E-state index in [1.807, 2.05) is 60.7 Å². The molecule has 6 heteroatoms. The standard InChI is InChI=1S/C21H24N2O4/c24-19(15-18-9-5-2-6-10-18)22-13-11-20(25)23(16-21(26)27)14-12-17-7-3-1-4-8-17/h1-10H,11-16H2,(H,22,24)(H,26,27). The van der Waals surface area contributed by atoms with Crippen molar-refractivity contribution < 1.29 is 19.5 Å². The third-order valence-corrected chi connectivity index (χ3v) is 4.06. The molecule has 142 valence electrons. The van der Waals surface area contributed by atoms with Crippen LogP contribution in [0.1, 0.15) is 17.5 Å². The Kier molecular flexibility index (Phi) is 8.03. The number of rotatable bonds is 10. The maximum atomic E-state index is 12.4. The molecule has 0 heterocycles. The molecule has 0 aliphatic rings. The average molecular weight is 368 g/mol. The first kappa shape index (κ1) is 20.2. The summed E-state index contributed by atoms with van der Waals surface area (Å²) in [6.45, 7) is 0.169. The second-order valence-corrected chi connectivity index (χ2v) is 6.21. The summed E-state index contributed by atoms with van der Waals surface area (Å²) in [5, 5.41) is 11.8. The first-order valence-electron chi connectivity index (χ1n) is 8.88. The number of nitrogens with one attached hydrogen (secondary N) is 1. The first-order valence-corrected chi connectivity index (χ1v) is 8.88. The van der Waals surface area contributed by atoms with Crippen LogP contribution in [0.15, 0.2) is 60.7 Å². The molecule has 0 bridgehead atoms. The number of benzene rings is 2. The van der Waals surface area contributed by atoms with Gasteiger partial charge in [-0.05, 0) is 17.5 Å². The predicted octanol–water partition coefficient (Wildman–Crippen LogP) is 1.89. The van der Waals surface area contributed by atoms with Gasteiger partial charge in [-0.3, -0.25) is 14.4 Å². The molecular formula is C21H24N2O4. The summed E-state index contributed by atoms with van der Waals surface area (Å²) < 4.78 is 0. The fourth-order valence-corrected chi connectivity index (χ4v) is 2.67. The summed E-state index contributed by atoms with van der Waals surface area (Å²) in [7, 11) is 0. The van der Waals surface area contributed by atoms with Crippen molar-refractivity contribution in [1.29, 1.82) is 0 Å². The molecule has 0 aromatic heterocycles.